The minimum Gasteiger partial charge on any atom is -0.368 e. The van der Waals surface area contributed by atoms with Gasteiger partial charge in [-0.15, -0.1) is 0 Å². The lowest BCUT2D eigenvalue weighted by molar-refractivity contribution is -0.118. The van der Waals surface area contributed by atoms with Crippen LogP contribution in [0.4, 0.5) is 31.7 Å². The zero-order valence-corrected chi connectivity index (χ0v) is 25.4. The fourth-order valence-corrected chi connectivity index (χ4v) is 8.06. The summed E-state index contributed by atoms with van der Waals surface area (Å²) < 4.78 is 31.0. The number of unbranched alkanes of at least 4 members (excludes halogenated alkanes) is 1. The van der Waals surface area contributed by atoms with Gasteiger partial charge in [-0.2, -0.15) is 11.8 Å². The summed E-state index contributed by atoms with van der Waals surface area (Å²) in [5.74, 6) is 1.24. The van der Waals surface area contributed by atoms with Crippen molar-refractivity contribution in [1.82, 2.24) is 14.5 Å². The lowest BCUT2D eigenvalue weighted by Gasteiger charge is -2.40. The van der Waals surface area contributed by atoms with Crippen LogP contribution >= 0.6 is 11.8 Å². The molecule has 1 unspecified atom stereocenters. The number of hydrogen-bond donors (Lipinski definition) is 2. The summed E-state index contributed by atoms with van der Waals surface area (Å²) in [6, 6.07) is 4.87. The first kappa shape index (κ1) is 28.8. The average molecular weight is 620 g/mol. The van der Waals surface area contributed by atoms with E-state index in [2.05, 4.69) is 20.9 Å². The van der Waals surface area contributed by atoms with Crippen molar-refractivity contribution in [2.45, 2.75) is 32.2 Å². The van der Waals surface area contributed by atoms with Crippen molar-refractivity contribution in [1.29, 1.82) is 0 Å². The Bertz CT molecular complexity index is 1820. The number of hydrogen-bond acceptors (Lipinski definition) is 7. The Morgan fingerprint density at radius 3 is 2.77 bits per heavy atom. The van der Waals surface area contributed by atoms with E-state index in [1.807, 2.05) is 28.9 Å². The molecule has 12 heteroatoms. The second kappa shape index (κ2) is 11.6. The summed E-state index contributed by atoms with van der Waals surface area (Å²) in [4.78, 5) is 40.0. The van der Waals surface area contributed by atoms with Crippen molar-refractivity contribution >= 4 is 51.5 Å². The Balaban J connectivity index is 1.46. The highest BCUT2D eigenvalue weighted by molar-refractivity contribution is 7.99. The van der Waals surface area contributed by atoms with Gasteiger partial charge in [-0.05, 0) is 60.9 Å². The molecule has 0 radical (unpaired) electrons. The summed E-state index contributed by atoms with van der Waals surface area (Å²) in [6.45, 7) is 2.84. The minimum absolute atomic E-state index is 0.0259. The lowest BCUT2D eigenvalue weighted by Crippen LogP contribution is -2.45. The number of benzene rings is 1. The number of aromatic amines is 1. The van der Waals surface area contributed by atoms with Crippen LogP contribution < -0.4 is 26.0 Å². The molecule has 0 aliphatic carbocycles. The largest absolute Gasteiger partial charge is 0.368 e. The highest BCUT2D eigenvalue weighted by atomic mass is 32.2. The van der Waals surface area contributed by atoms with Gasteiger partial charge in [0, 0.05) is 68.1 Å². The molecular formula is C32H35F2N7O2S. The quantitative estimate of drug-likeness (QED) is 0.284. The molecule has 9 nitrogen and oxygen atoms in total. The normalized spacial score (nSPS) is 17.6. The number of carbonyl (C=O) groups excluding carboxylic acids is 1. The monoisotopic (exact) mass is 619 g/mol. The number of thioether (sulfide) groups is 1. The molecule has 230 valence electrons. The van der Waals surface area contributed by atoms with Gasteiger partial charge in [-0.25, -0.2) is 13.8 Å². The number of halogens is 2. The molecule has 1 atom stereocenters. The van der Waals surface area contributed by atoms with Crippen molar-refractivity contribution in [3.63, 3.8) is 0 Å². The number of nitrogens with one attached hydrogen (secondary N) is 1. The predicted molar refractivity (Wildman–Crippen MR) is 172 cm³/mol. The van der Waals surface area contributed by atoms with E-state index in [9.17, 15) is 14.0 Å². The summed E-state index contributed by atoms with van der Waals surface area (Å²) >= 11 is 1.97. The molecule has 3 aliphatic rings. The van der Waals surface area contributed by atoms with Crippen LogP contribution in [0.1, 0.15) is 31.2 Å². The van der Waals surface area contributed by atoms with E-state index in [4.69, 9.17) is 5.73 Å². The molecule has 0 spiro atoms. The molecule has 1 aromatic carbocycles. The van der Waals surface area contributed by atoms with Gasteiger partial charge in [-0.3, -0.25) is 9.59 Å². The average Bonchev–Trinajstić information content (AvgIpc) is 3.66. The first-order chi connectivity index (χ1) is 21.3. The third kappa shape index (κ3) is 4.93. The Hall–Kier alpha value is -3.90. The van der Waals surface area contributed by atoms with E-state index in [0.29, 0.717) is 49.6 Å². The van der Waals surface area contributed by atoms with E-state index in [1.165, 1.54) is 0 Å². The zero-order chi connectivity index (χ0) is 30.5. The summed E-state index contributed by atoms with van der Waals surface area (Å²) in [5.41, 5.74) is 10.8. The first-order valence-corrected chi connectivity index (χ1v) is 16.3. The van der Waals surface area contributed by atoms with Gasteiger partial charge >= 0.3 is 0 Å². The molecule has 3 aliphatic heterocycles. The Labute approximate surface area is 258 Å². The summed E-state index contributed by atoms with van der Waals surface area (Å²) in [7, 11) is 1.71. The fourth-order valence-electron chi connectivity index (χ4n) is 6.79. The maximum absolute atomic E-state index is 15.5. The molecule has 1 saturated heterocycles. The van der Waals surface area contributed by atoms with Gasteiger partial charge < -0.3 is 30.0 Å². The van der Waals surface area contributed by atoms with Gasteiger partial charge in [-0.1, -0.05) is 0 Å². The molecule has 4 aromatic rings. The van der Waals surface area contributed by atoms with E-state index in [-0.39, 0.29) is 23.8 Å². The molecule has 6 heterocycles. The molecule has 0 bridgehead atoms. The number of H-pyrrole nitrogens is 1. The van der Waals surface area contributed by atoms with E-state index < -0.39 is 11.6 Å². The van der Waals surface area contributed by atoms with Gasteiger partial charge in [0.05, 0.1) is 29.8 Å². The number of amides is 1. The smallest absolute Gasteiger partial charge is 0.274 e. The number of anilines is 4. The molecule has 44 heavy (non-hydrogen) atoms. The van der Waals surface area contributed by atoms with Crippen LogP contribution in [0, 0.1) is 17.6 Å². The Morgan fingerprint density at radius 1 is 1.14 bits per heavy atom. The van der Waals surface area contributed by atoms with Crippen molar-refractivity contribution < 1.29 is 13.6 Å². The third-order valence-electron chi connectivity index (χ3n) is 9.01. The standard InChI is InChI=1S/C32H35F2N7O2S/c1-38-17-23-22-11-26-27(40(28(42)4-2-3-6-35)8-7-39(26)15-19-5-9-44-18-19)12-25(22)41(31-24(34)10-21(33)14-37-31)16-20-13-36-30(29(20)23)32(38)43/h10-14,17,19,36H,2-9,15-16,18,35H2,1H3. The van der Waals surface area contributed by atoms with Gasteiger partial charge in [0.25, 0.3) is 5.56 Å². The van der Waals surface area contributed by atoms with Gasteiger partial charge in [0.1, 0.15) is 11.3 Å². The SMILES string of the molecule is Cn1cc2c3c(c[nH]c3c1=O)CN(c1ncc(F)cc1F)c1cc3c(cc1-2)N(CC1CCSC1)CCN3C(=O)CCCCN. The van der Waals surface area contributed by atoms with Crippen LogP contribution in [-0.4, -0.2) is 58.1 Å². The van der Waals surface area contributed by atoms with Crippen LogP contribution in [0.2, 0.25) is 0 Å². The zero-order valence-electron chi connectivity index (χ0n) is 24.6. The molecule has 3 N–H and O–H groups in total. The maximum atomic E-state index is 15.5. The predicted octanol–water partition coefficient (Wildman–Crippen LogP) is 4.89. The molecule has 1 fully saturated rings. The molecule has 7 rings (SSSR count). The molecular weight excluding hydrogens is 584 g/mol. The molecule has 0 saturated carbocycles. The number of carbonyl (C=O) groups is 1. The highest BCUT2D eigenvalue weighted by Crippen LogP contribution is 2.49. The first-order valence-electron chi connectivity index (χ1n) is 15.1. The Kier molecular flexibility index (Phi) is 7.57. The van der Waals surface area contributed by atoms with Crippen LogP contribution in [0.15, 0.2) is 41.6 Å². The number of aromatic nitrogens is 3. The van der Waals surface area contributed by atoms with Crippen molar-refractivity contribution in [3.05, 3.63) is 64.3 Å². The summed E-state index contributed by atoms with van der Waals surface area (Å²) in [6.07, 6.45) is 7.61. The topological polar surface area (TPSA) is 103 Å². The number of pyridine rings is 2. The minimum atomic E-state index is -0.795. The van der Waals surface area contributed by atoms with Crippen LogP contribution in [0.5, 0.6) is 0 Å². The number of nitrogens with two attached hydrogens (primary N) is 1. The van der Waals surface area contributed by atoms with E-state index >= 15 is 4.39 Å². The second-order valence-electron chi connectivity index (χ2n) is 11.9. The van der Waals surface area contributed by atoms with E-state index in [1.54, 1.807) is 22.7 Å². The lowest BCUT2D eigenvalue weighted by atomic mass is 9.97. The van der Waals surface area contributed by atoms with Crippen LogP contribution in [-0.2, 0) is 18.4 Å². The van der Waals surface area contributed by atoms with Crippen molar-refractivity contribution in [3.8, 4) is 11.1 Å². The maximum Gasteiger partial charge on any atom is 0.274 e. The Morgan fingerprint density at radius 2 is 2.00 bits per heavy atom. The van der Waals surface area contributed by atoms with Crippen molar-refractivity contribution in [2.24, 2.45) is 18.7 Å². The molecule has 1 amide bonds. The molecule has 3 aromatic heterocycles. The fraction of sp³-hybridized carbons (Fsp3) is 0.406. The van der Waals surface area contributed by atoms with E-state index in [0.717, 1.165) is 76.6 Å². The second-order valence-corrected chi connectivity index (χ2v) is 13.0. The number of fused-ring (bicyclic) bond motifs is 3. The van der Waals surface area contributed by atoms with Crippen LogP contribution in [0.25, 0.3) is 22.0 Å². The number of rotatable bonds is 7. The summed E-state index contributed by atoms with van der Waals surface area (Å²) in [5, 5.41) is 0.767. The number of nitrogens with zero attached hydrogens (tertiary/aromatic N) is 5. The van der Waals surface area contributed by atoms with Crippen LogP contribution in [0.3, 0.4) is 0 Å². The highest BCUT2D eigenvalue weighted by Gasteiger charge is 2.34. The number of aryl methyl sites for hydroxylation is 1. The van der Waals surface area contributed by atoms with Gasteiger partial charge in [0.15, 0.2) is 11.6 Å². The van der Waals surface area contributed by atoms with Crippen molar-refractivity contribution in [2.75, 3.05) is 52.4 Å². The third-order valence-corrected chi connectivity index (χ3v) is 10.2. The van der Waals surface area contributed by atoms with Gasteiger partial charge in [0.2, 0.25) is 5.91 Å².